The first-order valence-corrected chi connectivity index (χ1v) is 17.7. The molecule has 1 aliphatic carbocycles. The monoisotopic (exact) mass is 649 g/mol. The Bertz CT molecular complexity index is 1920. The molecule has 1 spiro atoms. The van der Waals surface area contributed by atoms with Crippen molar-refractivity contribution in [2.75, 3.05) is 26.2 Å². The Labute approximate surface area is 263 Å². The largest absolute Gasteiger partial charge is 0.363 e. The topological polar surface area (TPSA) is 134 Å². The van der Waals surface area contributed by atoms with Crippen LogP contribution in [0.3, 0.4) is 0 Å². The van der Waals surface area contributed by atoms with Crippen molar-refractivity contribution >= 4 is 37.0 Å². The van der Waals surface area contributed by atoms with E-state index in [0.29, 0.717) is 43.4 Å². The van der Waals surface area contributed by atoms with Crippen LogP contribution in [-0.4, -0.2) is 79.4 Å². The molecule has 4 aromatic rings. The maximum Gasteiger partial charge on any atom is 0.294 e. The number of hydrogen-bond acceptors (Lipinski definition) is 7. The van der Waals surface area contributed by atoms with Crippen molar-refractivity contribution in [3.8, 4) is 11.1 Å². The number of ether oxygens (including phenoxy) is 1. The molecule has 2 aliphatic heterocycles. The summed E-state index contributed by atoms with van der Waals surface area (Å²) in [6, 6.07) is 23.4. The highest BCUT2D eigenvalue weighted by Crippen LogP contribution is 2.37. The summed E-state index contributed by atoms with van der Waals surface area (Å²) < 4.78 is 63.7. The molecule has 1 N–H and O–H groups in total. The quantitative estimate of drug-likeness (QED) is 0.308. The average Bonchev–Trinajstić information content (AvgIpc) is 3.88. The number of sulfonamides is 1. The second kappa shape index (κ2) is 12.3. The molecule has 1 amide bonds. The lowest BCUT2D eigenvalue weighted by Gasteiger charge is -2.46. The van der Waals surface area contributed by atoms with Crippen molar-refractivity contribution in [2.24, 2.45) is 0 Å². The zero-order valence-corrected chi connectivity index (χ0v) is 26.5. The molecular formula is C33H35N3O7S2. The van der Waals surface area contributed by atoms with Gasteiger partial charge in [0.05, 0.1) is 27.5 Å². The fourth-order valence-corrected chi connectivity index (χ4v) is 7.74. The molecule has 1 aromatic heterocycles. The lowest BCUT2D eigenvalue weighted by atomic mass is 9.90. The minimum Gasteiger partial charge on any atom is -0.363 e. The number of pyridine rings is 1. The van der Waals surface area contributed by atoms with Crippen LogP contribution in [0.15, 0.2) is 94.9 Å². The second-order valence-electron chi connectivity index (χ2n) is 11.9. The first-order valence-electron chi connectivity index (χ1n) is 14.9. The van der Waals surface area contributed by atoms with E-state index in [0.717, 1.165) is 40.4 Å². The summed E-state index contributed by atoms with van der Waals surface area (Å²) in [5.41, 5.74) is 3.39. The third-order valence-electron chi connectivity index (χ3n) is 8.65. The van der Waals surface area contributed by atoms with Crippen LogP contribution in [-0.2, 0) is 29.7 Å². The molecule has 2 saturated heterocycles. The van der Waals surface area contributed by atoms with Crippen LogP contribution in [0.4, 0.5) is 0 Å². The van der Waals surface area contributed by atoms with Crippen LogP contribution in [0, 0.1) is 6.92 Å². The SMILES string of the molecule is Cc1ccc(S(=O)(=O)O)cc1.O=C1COC2(CCN(S(=O)(=O)c3ccc(-c4ccc5cccnc5c4)cc3)CC2)CN1C1CC1. The van der Waals surface area contributed by atoms with Gasteiger partial charge in [0.25, 0.3) is 10.1 Å². The lowest BCUT2D eigenvalue weighted by Crippen LogP contribution is -2.59. The van der Waals surface area contributed by atoms with E-state index in [9.17, 15) is 21.6 Å². The molecule has 0 unspecified atom stereocenters. The van der Waals surface area contributed by atoms with Crippen molar-refractivity contribution in [3.63, 3.8) is 0 Å². The van der Waals surface area contributed by atoms with E-state index in [1.165, 1.54) is 12.1 Å². The van der Waals surface area contributed by atoms with E-state index in [2.05, 4.69) is 4.98 Å². The van der Waals surface area contributed by atoms with E-state index in [1.807, 2.05) is 54.3 Å². The highest BCUT2D eigenvalue weighted by atomic mass is 32.2. The van der Waals surface area contributed by atoms with Gasteiger partial charge in [-0.3, -0.25) is 14.3 Å². The zero-order chi connectivity index (χ0) is 31.8. The minimum absolute atomic E-state index is 0.0606. The van der Waals surface area contributed by atoms with Gasteiger partial charge in [0.2, 0.25) is 15.9 Å². The summed E-state index contributed by atoms with van der Waals surface area (Å²) in [5, 5.41) is 1.07. The van der Waals surface area contributed by atoms with Crippen molar-refractivity contribution in [2.45, 2.75) is 54.0 Å². The molecule has 7 rings (SSSR count). The number of carbonyl (C=O) groups is 1. The standard InChI is InChI=1S/C26H27N3O4S.C7H8O3S/c30-25-17-33-26(18-29(25)22-7-8-22)11-14-28(15-12-26)34(31,32)23-9-5-19(6-10-23)21-4-3-20-2-1-13-27-24(20)16-21;1-6-2-4-7(5-3-6)11(8,9)10/h1-6,9-10,13,16,22H,7-8,11-12,14-15,17-18H2;2-5H,1H3,(H,8,9,10). The summed E-state index contributed by atoms with van der Waals surface area (Å²) in [6.07, 6.45) is 5.10. The van der Waals surface area contributed by atoms with Gasteiger partial charge in [0.1, 0.15) is 6.61 Å². The molecule has 0 atom stereocenters. The first-order chi connectivity index (χ1) is 21.4. The molecule has 1 saturated carbocycles. The number of rotatable bonds is 5. The number of hydrogen-bond donors (Lipinski definition) is 1. The van der Waals surface area contributed by atoms with Gasteiger partial charge in [0.15, 0.2) is 0 Å². The molecule has 0 radical (unpaired) electrons. The highest BCUT2D eigenvalue weighted by Gasteiger charge is 2.47. The lowest BCUT2D eigenvalue weighted by molar-refractivity contribution is -0.170. The van der Waals surface area contributed by atoms with E-state index < -0.39 is 25.7 Å². The maximum absolute atomic E-state index is 13.3. The molecule has 45 heavy (non-hydrogen) atoms. The number of aromatic nitrogens is 1. The molecule has 236 valence electrons. The van der Waals surface area contributed by atoms with Crippen molar-refractivity contribution < 1.29 is 30.9 Å². The fourth-order valence-electron chi connectivity index (χ4n) is 5.82. The molecule has 3 aliphatic rings. The first kappa shape index (κ1) is 31.3. The molecule has 3 heterocycles. The van der Waals surface area contributed by atoms with Gasteiger partial charge >= 0.3 is 0 Å². The Morgan fingerprint density at radius 1 is 0.867 bits per heavy atom. The second-order valence-corrected chi connectivity index (χ2v) is 15.2. The minimum atomic E-state index is -4.02. The molecule has 3 fully saturated rings. The number of morpholine rings is 1. The van der Waals surface area contributed by atoms with Gasteiger partial charge in [-0.1, -0.05) is 48.0 Å². The summed E-state index contributed by atoms with van der Waals surface area (Å²) in [6.45, 7) is 3.32. The Morgan fingerprint density at radius 2 is 1.51 bits per heavy atom. The van der Waals surface area contributed by atoms with Crippen molar-refractivity contribution in [1.29, 1.82) is 0 Å². The van der Waals surface area contributed by atoms with E-state index >= 15 is 0 Å². The smallest absolute Gasteiger partial charge is 0.294 e. The number of carbonyl (C=O) groups excluding carboxylic acids is 1. The molecule has 10 nitrogen and oxygen atoms in total. The summed E-state index contributed by atoms with van der Waals surface area (Å²) in [7, 11) is -7.61. The maximum atomic E-state index is 13.3. The Hall–Kier alpha value is -3.68. The third kappa shape index (κ3) is 6.95. The van der Waals surface area contributed by atoms with Crippen LogP contribution in [0.5, 0.6) is 0 Å². The van der Waals surface area contributed by atoms with Gasteiger partial charge in [-0.15, -0.1) is 0 Å². The van der Waals surface area contributed by atoms with E-state index in [-0.39, 0.29) is 17.4 Å². The number of amides is 1. The predicted molar refractivity (Wildman–Crippen MR) is 170 cm³/mol. The van der Waals surface area contributed by atoms with Crippen LogP contribution in [0.1, 0.15) is 31.2 Å². The zero-order valence-electron chi connectivity index (χ0n) is 24.9. The highest BCUT2D eigenvalue weighted by molar-refractivity contribution is 7.89. The van der Waals surface area contributed by atoms with E-state index in [1.54, 1.807) is 34.8 Å². The van der Waals surface area contributed by atoms with Gasteiger partial charge in [0, 0.05) is 30.7 Å². The van der Waals surface area contributed by atoms with Crippen LogP contribution >= 0.6 is 0 Å². The van der Waals surface area contributed by atoms with Gasteiger partial charge < -0.3 is 9.64 Å². The number of benzene rings is 3. The molecule has 0 bridgehead atoms. The van der Waals surface area contributed by atoms with Gasteiger partial charge in [-0.2, -0.15) is 12.7 Å². The van der Waals surface area contributed by atoms with Crippen LogP contribution in [0.2, 0.25) is 0 Å². The average molecular weight is 650 g/mol. The van der Waals surface area contributed by atoms with E-state index in [4.69, 9.17) is 9.29 Å². The van der Waals surface area contributed by atoms with Crippen LogP contribution in [0.25, 0.3) is 22.0 Å². The number of piperidine rings is 1. The number of nitrogens with zero attached hydrogens (tertiary/aromatic N) is 3. The number of aryl methyl sites for hydroxylation is 1. The van der Waals surface area contributed by atoms with Crippen LogP contribution < -0.4 is 0 Å². The third-order valence-corrected chi connectivity index (χ3v) is 11.4. The van der Waals surface area contributed by atoms with Crippen molar-refractivity contribution in [3.05, 3.63) is 90.6 Å². The Balaban J connectivity index is 0.000000276. The summed E-state index contributed by atoms with van der Waals surface area (Å²) in [5.74, 6) is 0.0606. The molecular weight excluding hydrogens is 615 g/mol. The van der Waals surface area contributed by atoms with Gasteiger partial charge in [-0.05, 0) is 80.1 Å². The Morgan fingerprint density at radius 3 is 2.16 bits per heavy atom. The summed E-state index contributed by atoms with van der Waals surface area (Å²) in [4.78, 5) is 18.8. The normalized spacial score (nSPS) is 18.9. The van der Waals surface area contributed by atoms with Crippen molar-refractivity contribution in [1.82, 2.24) is 14.2 Å². The fraction of sp³-hybridized carbons (Fsp3) is 0.333. The van der Waals surface area contributed by atoms with Gasteiger partial charge in [-0.25, -0.2) is 8.42 Å². The molecule has 3 aromatic carbocycles. The molecule has 12 heteroatoms. The Kier molecular flexibility index (Phi) is 8.53. The predicted octanol–water partition coefficient (Wildman–Crippen LogP) is 4.69. The number of fused-ring (bicyclic) bond motifs is 1. The summed E-state index contributed by atoms with van der Waals surface area (Å²) >= 11 is 0.